The van der Waals surface area contributed by atoms with E-state index in [0.717, 1.165) is 11.4 Å². The van der Waals surface area contributed by atoms with Crippen molar-refractivity contribution in [3.05, 3.63) is 23.0 Å². The minimum atomic E-state index is -0.894. The van der Waals surface area contributed by atoms with Crippen LogP contribution in [0.1, 0.15) is 47.9 Å². The fourth-order valence-corrected chi connectivity index (χ4v) is 4.09. The summed E-state index contributed by atoms with van der Waals surface area (Å²) in [5.41, 5.74) is 2.22. The number of nitrogens with zero attached hydrogens (tertiary/aromatic N) is 3. The molecule has 134 valence electrons. The first kappa shape index (κ1) is 17.7. The zero-order valence-electron chi connectivity index (χ0n) is 14.5. The summed E-state index contributed by atoms with van der Waals surface area (Å²) in [7, 11) is 0. The quantitative estimate of drug-likeness (QED) is 0.892. The van der Waals surface area contributed by atoms with Gasteiger partial charge in [0.2, 0.25) is 0 Å². The number of rotatable bonds is 4. The van der Waals surface area contributed by atoms with Gasteiger partial charge in [-0.1, -0.05) is 19.0 Å². The molecular weight excluding hydrogens is 342 g/mol. The van der Waals surface area contributed by atoms with Crippen LogP contribution in [0, 0.1) is 6.92 Å². The van der Waals surface area contributed by atoms with Crippen molar-refractivity contribution < 1.29 is 19.2 Å². The molecule has 8 heteroatoms. The predicted octanol–water partition coefficient (Wildman–Crippen LogP) is 2.69. The minimum Gasteiger partial charge on any atom is -0.481 e. The maximum Gasteiger partial charge on any atom is 0.305 e. The molecule has 2 aromatic rings. The summed E-state index contributed by atoms with van der Waals surface area (Å²) in [6, 6.07) is 1.48. The van der Waals surface area contributed by atoms with E-state index < -0.39 is 5.97 Å². The number of carboxylic acids is 1. The maximum atomic E-state index is 13.3. The number of pyridine rings is 1. The number of aromatic nitrogens is 2. The summed E-state index contributed by atoms with van der Waals surface area (Å²) >= 11 is 1.68. The second kappa shape index (κ2) is 7.03. The molecule has 1 fully saturated rings. The molecule has 1 aliphatic heterocycles. The Labute approximate surface area is 149 Å². The lowest BCUT2D eigenvalue weighted by molar-refractivity contribution is -0.138. The Morgan fingerprint density at radius 2 is 2.24 bits per heavy atom. The number of carbonyl (C=O) groups is 2. The molecule has 25 heavy (non-hydrogen) atoms. The smallest absolute Gasteiger partial charge is 0.305 e. The molecule has 0 aliphatic carbocycles. The van der Waals surface area contributed by atoms with Crippen molar-refractivity contribution >= 4 is 34.7 Å². The molecule has 1 amide bonds. The fourth-order valence-electron chi connectivity index (χ4n) is 3.03. The molecule has 1 unspecified atom stereocenters. The number of carboxylic acid groups (broad SMARTS) is 1. The van der Waals surface area contributed by atoms with Crippen molar-refractivity contribution in [2.45, 2.75) is 39.2 Å². The van der Waals surface area contributed by atoms with Gasteiger partial charge in [0.05, 0.1) is 29.1 Å². The van der Waals surface area contributed by atoms with Gasteiger partial charge in [-0.15, -0.1) is 0 Å². The van der Waals surface area contributed by atoms with E-state index in [0.29, 0.717) is 34.7 Å². The van der Waals surface area contributed by atoms with E-state index in [1.165, 1.54) is 0 Å². The van der Waals surface area contributed by atoms with Gasteiger partial charge in [0.1, 0.15) is 0 Å². The van der Waals surface area contributed by atoms with Gasteiger partial charge in [-0.3, -0.25) is 9.59 Å². The predicted molar refractivity (Wildman–Crippen MR) is 95.0 cm³/mol. The van der Waals surface area contributed by atoms with E-state index in [4.69, 9.17) is 9.63 Å². The molecule has 1 saturated heterocycles. The van der Waals surface area contributed by atoms with Gasteiger partial charge in [0, 0.05) is 23.7 Å². The highest BCUT2D eigenvalue weighted by Crippen LogP contribution is 2.28. The Kier molecular flexibility index (Phi) is 4.99. The van der Waals surface area contributed by atoms with Crippen LogP contribution in [0.15, 0.2) is 10.6 Å². The highest BCUT2D eigenvalue weighted by molar-refractivity contribution is 7.99. The minimum absolute atomic E-state index is 0.0490. The summed E-state index contributed by atoms with van der Waals surface area (Å²) < 4.78 is 5.28. The maximum absolute atomic E-state index is 13.3. The van der Waals surface area contributed by atoms with E-state index in [-0.39, 0.29) is 24.3 Å². The highest BCUT2D eigenvalue weighted by Gasteiger charge is 2.31. The van der Waals surface area contributed by atoms with Gasteiger partial charge in [-0.05, 0) is 18.9 Å². The van der Waals surface area contributed by atoms with Crippen LogP contribution in [-0.4, -0.2) is 56.1 Å². The van der Waals surface area contributed by atoms with Crippen molar-refractivity contribution in [1.29, 1.82) is 0 Å². The SMILES string of the molecule is Cc1noc2nc(C(C)C)cc(C(=O)N3CCSCC3CC(=O)O)c12. The number of carbonyl (C=O) groups excluding carboxylic acids is 1. The monoisotopic (exact) mass is 363 g/mol. The topological polar surface area (TPSA) is 96.5 Å². The first-order valence-electron chi connectivity index (χ1n) is 8.26. The van der Waals surface area contributed by atoms with Crippen molar-refractivity contribution in [1.82, 2.24) is 15.0 Å². The summed E-state index contributed by atoms with van der Waals surface area (Å²) in [4.78, 5) is 30.5. The van der Waals surface area contributed by atoms with E-state index >= 15 is 0 Å². The zero-order chi connectivity index (χ0) is 18.1. The van der Waals surface area contributed by atoms with Crippen LogP contribution in [-0.2, 0) is 4.79 Å². The second-order valence-electron chi connectivity index (χ2n) is 6.52. The van der Waals surface area contributed by atoms with E-state index in [1.54, 1.807) is 29.7 Å². The number of amides is 1. The lowest BCUT2D eigenvalue weighted by Crippen LogP contribution is -2.47. The number of aliphatic carboxylic acids is 1. The molecule has 0 spiro atoms. The molecule has 3 rings (SSSR count). The Morgan fingerprint density at radius 1 is 1.48 bits per heavy atom. The molecular formula is C17H21N3O4S. The number of hydrogen-bond donors (Lipinski definition) is 1. The molecule has 0 radical (unpaired) electrons. The van der Waals surface area contributed by atoms with Crippen molar-refractivity contribution in [3.63, 3.8) is 0 Å². The van der Waals surface area contributed by atoms with E-state index in [1.807, 2.05) is 13.8 Å². The Hall–Kier alpha value is -2.09. The molecule has 1 N–H and O–H groups in total. The van der Waals surface area contributed by atoms with Gasteiger partial charge >= 0.3 is 5.97 Å². The van der Waals surface area contributed by atoms with Crippen molar-refractivity contribution in [3.8, 4) is 0 Å². The standard InChI is InChI=1S/C17H21N3O4S/c1-9(2)13-7-12(15-10(3)19-24-16(15)18-13)17(23)20-4-5-25-8-11(20)6-14(21)22/h7,9,11H,4-6,8H2,1-3H3,(H,21,22). The second-order valence-corrected chi connectivity index (χ2v) is 7.67. The van der Waals surface area contributed by atoms with Gasteiger partial charge in [-0.25, -0.2) is 4.98 Å². The van der Waals surface area contributed by atoms with Crippen LogP contribution in [0.25, 0.3) is 11.1 Å². The Morgan fingerprint density at radius 3 is 2.92 bits per heavy atom. The first-order chi connectivity index (χ1) is 11.9. The Balaban J connectivity index is 2.05. The van der Waals surface area contributed by atoms with E-state index in [9.17, 15) is 9.59 Å². The lowest BCUT2D eigenvalue weighted by atomic mass is 10.0. The average molecular weight is 363 g/mol. The normalized spacial score (nSPS) is 18.1. The average Bonchev–Trinajstić information content (AvgIpc) is 2.94. The first-order valence-corrected chi connectivity index (χ1v) is 9.41. The van der Waals surface area contributed by atoms with Crippen molar-refractivity contribution in [2.75, 3.05) is 18.1 Å². The molecule has 1 aliphatic rings. The summed E-state index contributed by atoms with van der Waals surface area (Å²) in [6.45, 7) is 6.31. The van der Waals surface area contributed by atoms with Crippen LogP contribution in [0.3, 0.4) is 0 Å². The largest absolute Gasteiger partial charge is 0.481 e. The molecule has 0 saturated carbocycles. The van der Waals surface area contributed by atoms with Crippen LogP contribution < -0.4 is 0 Å². The fraction of sp³-hybridized carbons (Fsp3) is 0.529. The molecule has 3 heterocycles. The third kappa shape index (κ3) is 3.49. The third-order valence-electron chi connectivity index (χ3n) is 4.36. The molecule has 7 nitrogen and oxygen atoms in total. The number of fused-ring (bicyclic) bond motifs is 1. The summed E-state index contributed by atoms with van der Waals surface area (Å²) in [5, 5.41) is 13.7. The molecule has 2 aromatic heterocycles. The van der Waals surface area contributed by atoms with Crippen LogP contribution >= 0.6 is 11.8 Å². The van der Waals surface area contributed by atoms with Gasteiger partial charge in [0.15, 0.2) is 0 Å². The summed E-state index contributed by atoms with van der Waals surface area (Å²) in [5.74, 6) is 0.497. The molecule has 0 bridgehead atoms. The van der Waals surface area contributed by atoms with Gasteiger partial charge in [-0.2, -0.15) is 11.8 Å². The van der Waals surface area contributed by atoms with Crippen LogP contribution in [0.5, 0.6) is 0 Å². The summed E-state index contributed by atoms with van der Waals surface area (Å²) in [6.07, 6.45) is -0.0490. The number of aryl methyl sites for hydroxylation is 1. The van der Waals surface area contributed by atoms with Crippen LogP contribution in [0.4, 0.5) is 0 Å². The number of thioether (sulfide) groups is 1. The van der Waals surface area contributed by atoms with Gasteiger partial charge < -0.3 is 14.5 Å². The molecule has 1 atom stereocenters. The lowest BCUT2D eigenvalue weighted by Gasteiger charge is -2.34. The zero-order valence-corrected chi connectivity index (χ0v) is 15.3. The Bertz CT molecular complexity index is 818. The van der Waals surface area contributed by atoms with Gasteiger partial charge in [0.25, 0.3) is 11.6 Å². The van der Waals surface area contributed by atoms with E-state index in [2.05, 4.69) is 10.1 Å². The van der Waals surface area contributed by atoms with Crippen LogP contribution in [0.2, 0.25) is 0 Å². The third-order valence-corrected chi connectivity index (χ3v) is 5.45. The molecule has 0 aromatic carbocycles. The number of hydrogen-bond acceptors (Lipinski definition) is 6. The highest BCUT2D eigenvalue weighted by atomic mass is 32.2. The van der Waals surface area contributed by atoms with Crippen molar-refractivity contribution in [2.24, 2.45) is 0 Å².